The van der Waals surface area contributed by atoms with E-state index >= 15 is 0 Å². The number of nitrogens with two attached hydrogens (primary N) is 1. The lowest BCUT2D eigenvalue weighted by molar-refractivity contribution is 1.20. The molecule has 3 aromatic carbocycles. The van der Waals surface area contributed by atoms with Crippen molar-refractivity contribution in [2.45, 2.75) is 13.8 Å². The highest BCUT2D eigenvalue weighted by atomic mass is 15.1. The minimum absolute atomic E-state index is 0.636. The van der Waals surface area contributed by atoms with Crippen LogP contribution >= 0.6 is 0 Å². The first kappa shape index (κ1) is 16.9. The number of aryl methyl sites for hydroxylation is 1. The second-order valence-corrected chi connectivity index (χ2v) is 6.57. The molecule has 0 bridgehead atoms. The molecule has 0 saturated carbocycles. The lowest BCUT2D eigenvalue weighted by Gasteiger charge is -2.08. The van der Waals surface area contributed by atoms with E-state index in [1.807, 2.05) is 48.5 Å². The van der Waals surface area contributed by atoms with Crippen molar-refractivity contribution >= 4 is 27.8 Å². The summed E-state index contributed by atoms with van der Waals surface area (Å²) in [6.45, 7) is 4.22. The number of fused-ring (bicyclic) bond motifs is 1. The van der Waals surface area contributed by atoms with Gasteiger partial charge in [0.2, 0.25) is 0 Å². The Morgan fingerprint density at radius 2 is 1.67 bits per heavy atom. The Bertz CT molecular complexity index is 1140. The molecule has 1 aromatic heterocycles. The van der Waals surface area contributed by atoms with E-state index in [4.69, 9.17) is 5.73 Å². The number of nitrogens with zero attached hydrogens (tertiary/aromatic N) is 3. The Morgan fingerprint density at radius 1 is 0.815 bits per heavy atom. The average molecular weight is 352 g/mol. The van der Waals surface area contributed by atoms with Crippen LogP contribution in [0.25, 0.3) is 22.0 Å². The van der Waals surface area contributed by atoms with Crippen molar-refractivity contribution < 1.29 is 0 Å². The zero-order valence-corrected chi connectivity index (χ0v) is 15.3. The van der Waals surface area contributed by atoms with E-state index in [-0.39, 0.29) is 0 Å². The van der Waals surface area contributed by atoms with Crippen LogP contribution in [0, 0.1) is 13.8 Å². The molecule has 4 rings (SSSR count). The molecule has 0 aliphatic heterocycles. The molecule has 0 saturated heterocycles. The molecule has 132 valence electrons. The SMILES string of the molecule is Cc1cccc(-c2ccc(N=Nc3ccc4ccccc4c3N)cn2)c1C. The molecule has 27 heavy (non-hydrogen) atoms. The van der Waals surface area contributed by atoms with E-state index < -0.39 is 0 Å². The van der Waals surface area contributed by atoms with Crippen LogP contribution in [0.2, 0.25) is 0 Å². The van der Waals surface area contributed by atoms with Crippen LogP contribution in [0.15, 0.2) is 83.2 Å². The summed E-state index contributed by atoms with van der Waals surface area (Å²) in [5.41, 5.74) is 12.8. The van der Waals surface area contributed by atoms with Crippen LogP contribution in [0.3, 0.4) is 0 Å². The third-order valence-corrected chi connectivity index (χ3v) is 4.85. The lowest BCUT2D eigenvalue weighted by atomic mass is 10.0. The third-order valence-electron chi connectivity index (χ3n) is 4.85. The normalized spacial score (nSPS) is 11.3. The van der Waals surface area contributed by atoms with Crippen molar-refractivity contribution in [3.8, 4) is 11.3 Å². The van der Waals surface area contributed by atoms with E-state index in [0.717, 1.165) is 22.0 Å². The van der Waals surface area contributed by atoms with Gasteiger partial charge >= 0.3 is 0 Å². The largest absolute Gasteiger partial charge is 0.396 e. The maximum Gasteiger partial charge on any atom is 0.109 e. The molecule has 4 heteroatoms. The summed E-state index contributed by atoms with van der Waals surface area (Å²) in [5.74, 6) is 0. The Labute approximate surface area is 158 Å². The first-order chi connectivity index (χ1) is 13.1. The van der Waals surface area contributed by atoms with Gasteiger partial charge in [0.15, 0.2) is 0 Å². The zero-order valence-electron chi connectivity index (χ0n) is 15.3. The fourth-order valence-corrected chi connectivity index (χ4v) is 3.12. The molecule has 2 N–H and O–H groups in total. The van der Waals surface area contributed by atoms with Gasteiger partial charge in [-0.15, -0.1) is 10.2 Å². The lowest BCUT2D eigenvalue weighted by Crippen LogP contribution is -1.89. The van der Waals surface area contributed by atoms with Gasteiger partial charge in [0.1, 0.15) is 11.4 Å². The number of rotatable bonds is 3. The number of hydrogen-bond donors (Lipinski definition) is 1. The molecule has 0 fully saturated rings. The fourth-order valence-electron chi connectivity index (χ4n) is 3.12. The smallest absolute Gasteiger partial charge is 0.109 e. The van der Waals surface area contributed by atoms with Crippen molar-refractivity contribution in [2.24, 2.45) is 10.2 Å². The summed E-state index contributed by atoms with van der Waals surface area (Å²) >= 11 is 0. The molecule has 4 aromatic rings. The maximum absolute atomic E-state index is 6.24. The molecule has 1 heterocycles. The topological polar surface area (TPSA) is 63.6 Å². The number of benzene rings is 3. The van der Waals surface area contributed by atoms with E-state index in [1.165, 1.54) is 11.1 Å². The molecule has 0 aliphatic rings. The fraction of sp³-hybridized carbons (Fsp3) is 0.0870. The van der Waals surface area contributed by atoms with E-state index in [0.29, 0.717) is 17.1 Å². The van der Waals surface area contributed by atoms with Gasteiger partial charge in [-0.25, -0.2) is 0 Å². The molecule has 0 aliphatic carbocycles. The van der Waals surface area contributed by atoms with Crippen molar-refractivity contribution in [3.05, 3.63) is 84.1 Å². The Morgan fingerprint density at radius 3 is 2.48 bits per heavy atom. The number of hydrogen-bond acceptors (Lipinski definition) is 4. The van der Waals surface area contributed by atoms with Crippen molar-refractivity contribution in [2.75, 3.05) is 5.73 Å². The summed E-state index contributed by atoms with van der Waals surface area (Å²) in [6.07, 6.45) is 1.73. The van der Waals surface area contributed by atoms with Crippen LogP contribution < -0.4 is 5.73 Å². The summed E-state index contributed by atoms with van der Waals surface area (Å²) in [5, 5.41) is 10.7. The summed E-state index contributed by atoms with van der Waals surface area (Å²) < 4.78 is 0. The first-order valence-electron chi connectivity index (χ1n) is 8.85. The highest BCUT2D eigenvalue weighted by Gasteiger charge is 2.06. The predicted molar refractivity (Wildman–Crippen MR) is 112 cm³/mol. The highest BCUT2D eigenvalue weighted by Crippen LogP contribution is 2.32. The van der Waals surface area contributed by atoms with Crippen molar-refractivity contribution in [1.82, 2.24) is 4.98 Å². The summed E-state index contributed by atoms with van der Waals surface area (Å²) in [6, 6.07) is 22.0. The quantitative estimate of drug-likeness (QED) is 0.337. The van der Waals surface area contributed by atoms with Gasteiger partial charge in [0.05, 0.1) is 17.6 Å². The number of aromatic nitrogens is 1. The monoisotopic (exact) mass is 352 g/mol. The molecule has 4 nitrogen and oxygen atoms in total. The standard InChI is InChI=1S/C23H20N4/c1-15-6-5-9-19(16(15)2)21-13-11-18(14-25-21)26-27-22-12-10-17-7-3-4-8-20(17)23(22)24/h3-14H,24H2,1-2H3. The highest BCUT2D eigenvalue weighted by molar-refractivity contribution is 5.97. The van der Waals surface area contributed by atoms with Gasteiger partial charge in [0, 0.05) is 10.9 Å². The van der Waals surface area contributed by atoms with E-state index in [2.05, 4.69) is 47.3 Å². The molecular weight excluding hydrogens is 332 g/mol. The van der Waals surface area contributed by atoms with Gasteiger partial charge in [-0.05, 0) is 48.6 Å². The Hall–Kier alpha value is -3.53. The second-order valence-electron chi connectivity index (χ2n) is 6.57. The number of nitrogen functional groups attached to an aromatic ring is 1. The third kappa shape index (κ3) is 3.29. The van der Waals surface area contributed by atoms with E-state index in [9.17, 15) is 0 Å². The Kier molecular flexibility index (Phi) is 4.38. The predicted octanol–water partition coefficient (Wildman–Crippen LogP) is 6.52. The van der Waals surface area contributed by atoms with Crippen LogP contribution in [0.5, 0.6) is 0 Å². The molecule has 0 radical (unpaired) electrons. The second kappa shape index (κ2) is 7.00. The Balaban J connectivity index is 1.62. The molecular formula is C23H20N4. The van der Waals surface area contributed by atoms with Gasteiger partial charge in [-0.1, -0.05) is 48.5 Å². The number of azo groups is 1. The maximum atomic E-state index is 6.24. The van der Waals surface area contributed by atoms with Gasteiger partial charge in [0.25, 0.3) is 0 Å². The average Bonchev–Trinajstić information content (AvgIpc) is 2.70. The van der Waals surface area contributed by atoms with Crippen molar-refractivity contribution in [1.29, 1.82) is 0 Å². The summed E-state index contributed by atoms with van der Waals surface area (Å²) in [4.78, 5) is 4.55. The van der Waals surface area contributed by atoms with Crippen LogP contribution in [-0.2, 0) is 0 Å². The number of pyridine rings is 1. The van der Waals surface area contributed by atoms with Gasteiger partial charge in [-0.3, -0.25) is 4.98 Å². The van der Waals surface area contributed by atoms with Crippen LogP contribution in [0.1, 0.15) is 11.1 Å². The minimum atomic E-state index is 0.636. The minimum Gasteiger partial charge on any atom is -0.396 e. The van der Waals surface area contributed by atoms with Crippen molar-refractivity contribution in [3.63, 3.8) is 0 Å². The van der Waals surface area contributed by atoms with E-state index in [1.54, 1.807) is 6.20 Å². The van der Waals surface area contributed by atoms with Crippen LogP contribution in [0.4, 0.5) is 17.1 Å². The number of anilines is 1. The van der Waals surface area contributed by atoms with Crippen LogP contribution in [-0.4, -0.2) is 4.98 Å². The van der Waals surface area contributed by atoms with Gasteiger partial charge < -0.3 is 5.73 Å². The molecule has 0 amide bonds. The first-order valence-corrected chi connectivity index (χ1v) is 8.85. The zero-order chi connectivity index (χ0) is 18.8. The molecule has 0 atom stereocenters. The molecule has 0 unspecified atom stereocenters. The molecule has 0 spiro atoms. The summed E-state index contributed by atoms with van der Waals surface area (Å²) in [7, 11) is 0. The van der Waals surface area contributed by atoms with Gasteiger partial charge in [-0.2, -0.15) is 0 Å².